The summed E-state index contributed by atoms with van der Waals surface area (Å²) >= 11 is 0. The maximum absolute atomic E-state index is 4.32. The summed E-state index contributed by atoms with van der Waals surface area (Å²) in [6, 6.07) is 4.75. The van der Waals surface area contributed by atoms with Gasteiger partial charge < -0.3 is 5.32 Å². The Morgan fingerprint density at radius 3 is 3.08 bits per heavy atom. The highest BCUT2D eigenvalue weighted by Crippen LogP contribution is 2.35. The predicted octanol–water partition coefficient (Wildman–Crippen LogP) is 2.60. The molecule has 1 saturated carbocycles. The van der Waals surface area contributed by atoms with Crippen LogP contribution in [-0.2, 0) is 0 Å². The maximum atomic E-state index is 4.32. The molecule has 13 heavy (non-hydrogen) atoms. The SMILES string of the molecule is CCC1CC1Nc1ncccc1C. The molecule has 0 aromatic carbocycles. The standard InChI is InChI=1S/C11H16N2/c1-3-9-7-10(9)13-11-8(2)5-4-6-12-11/h4-6,9-10H,3,7H2,1-2H3,(H,12,13). The number of hydrogen-bond donors (Lipinski definition) is 1. The Morgan fingerprint density at radius 2 is 2.46 bits per heavy atom. The van der Waals surface area contributed by atoms with Crippen LogP contribution in [-0.4, -0.2) is 11.0 Å². The molecule has 1 aromatic rings. The molecule has 2 heteroatoms. The molecule has 2 rings (SSSR count). The van der Waals surface area contributed by atoms with Gasteiger partial charge in [0.1, 0.15) is 5.82 Å². The minimum Gasteiger partial charge on any atom is -0.367 e. The Labute approximate surface area is 79.4 Å². The van der Waals surface area contributed by atoms with E-state index in [0.29, 0.717) is 6.04 Å². The van der Waals surface area contributed by atoms with Crippen molar-refractivity contribution < 1.29 is 0 Å². The second kappa shape index (κ2) is 3.36. The van der Waals surface area contributed by atoms with Crippen molar-refractivity contribution in [2.75, 3.05) is 5.32 Å². The van der Waals surface area contributed by atoms with E-state index >= 15 is 0 Å². The van der Waals surface area contributed by atoms with Crippen molar-refractivity contribution in [3.05, 3.63) is 23.9 Å². The monoisotopic (exact) mass is 176 g/mol. The van der Waals surface area contributed by atoms with Gasteiger partial charge in [-0.2, -0.15) is 0 Å². The molecule has 1 N–H and O–H groups in total. The van der Waals surface area contributed by atoms with Crippen LogP contribution in [0.4, 0.5) is 5.82 Å². The summed E-state index contributed by atoms with van der Waals surface area (Å²) in [7, 11) is 0. The number of hydrogen-bond acceptors (Lipinski definition) is 2. The Kier molecular flexibility index (Phi) is 2.21. The van der Waals surface area contributed by atoms with Crippen molar-refractivity contribution >= 4 is 5.82 Å². The highest BCUT2D eigenvalue weighted by atomic mass is 15.0. The van der Waals surface area contributed by atoms with E-state index in [1.807, 2.05) is 12.3 Å². The molecule has 1 fully saturated rings. The van der Waals surface area contributed by atoms with Crippen molar-refractivity contribution in [1.82, 2.24) is 4.98 Å². The third-order valence-electron chi connectivity index (χ3n) is 2.78. The zero-order valence-electron chi connectivity index (χ0n) is 8.25. The molecule has 0 aliphatic heterocycles. The molecule has 0 amide bonds. The molecule has 1 heterocycles. The number of anilines is 1. The van der Waals surface area contributed by atoms with Crippen LogP contribution in [0.3, 0.4) is 0 Å². The van der Waals surface area contributed by atoms with Gasteiger partial charge in [-0.25, -0.2) is 4.98 Å². The average Bonchev–Trinajstić information content (AvgIpc) is 2.88. The summed E-state index contributed by atoms with van der Waals surface area (Å²) in [6.07, 6.45) is 4.44. The van der Waals surface area contributed by atoms with Crippen molar-refractivity contribution in [2.45, 2.75) is 32.7 Å². The third-order valence-corrected chi connectivity index (χ3v) is 2.78. The number of nitrogens with one attached hydrogen (secondary N) is 1. The zero-order chi connectivity index (χ0) is 9.26. The highest BCUT2D eigenvalue weighted by Gasteiger charge is 2.35. The van der Waals surface area contributed by atoms with Crippen LogP contribution in [0, 0.1) is 12.8 Å². The van der Waals surface area contributed by atoms with E-state index in [4.69, 9.17) is 0 Å². The summed E-state index contributed by atoms with van der Waals surface area (Å²) in [6.45, 7) is 4.34. The molecule has 2 nitrogen and oxygen atoms in total. The summed E-state index contributed by atoms with van der Waals surface area (Å²) in [5, 5.41) is 3.47. The second-order valence-corrected chi connectivity index (χ2v) is 3.82. The van der Waals surface area contributed by atoms with Crippen molar-refractivity contribution in [1.29, 1.82) is 0 Å². The van der Waals surface area contributed by atoms with Gasteiger partial charge in [-0.15, -0.1) is 0 Å². The van der Waals surface area contributed by atoms with Gasteiger partial charge in [-0.1, -0.05) is 19.4 Å². The molecule has 1 aliphatic rings. The van der Waals surface area contributed by atoms with E-state index in [2.05, 4.69) is 30.2 Å². The highest BCUT2D eigenvalue weighted by molar-refractivity contribution is 5.44. The quantitative estimate of drug-likeness (QED) is 0.765. The Balaban J connectivity index is 1.99. The molecule has 0 radical (unpaired) electrons. The number of pyridine rings is 1. The lowest BCUT2D eigenvalue weighted by atomic mass is 10.3. The predicted molar refractivity (Wildman–Crippen MR) is 54.8 cm³/mol. The molecule has 1 aromatic heterocycles. The molecule has 2 atom stereocenters. The van der Waals surface area contributed by atoms with E-state index in [9.17, 15) is 0 Å². The van der Waals surface area contributed by atoms with Crippen molar-refractivity contribution in [2.24, 2.45) is 5.92 Å². The Hall–Kier alpha value is -1.05. The second-order valence-electron chi connectivity index (χ2n) is 3.82. The van der Waals surface area contributed by atoms with Crippen LogP contribution in [0.1, 0.15) is 25.3 Å². The molecule has 70 valence electrons. The van der Waals surface area contributed by atoms with Gasteiger partial charge in [0.15, 0.2) is 0 Å². The minimum absolute atomic E-state index is 0.679. The number of nitrogens with zero attached hydrogens (tertiary/aromatic N) is 1. The van der Waals surface area contributed by atoms with Gasteiger partial charge in [0.25, 0.3) is 0 Å². The Morgan fingerprint density at radius 1 is 1.62 bits per heavy atom. The van der Waals surface area contributed by atoms with Crippen LogP contribution >= 0.6 is 0 Å². The van der Waals surface area contributed by atoms with Gasteiger partial charge >= 0.3 is 0 Å². The fourth-order valence-corrected chi connectivity index (χ4v) is 1.69. The summed E-state index contributed by atoms with van der Waals surface area (Å²) < 4.78 is 0. The first-order chi connectivity index (χ1) is 6.31. The average molecular weight is 176 g/mol. The molecular formula is C11H16N2. The lowest BCUT2D eigenvalue weighted by Gasteiger charge is -2.06. The van der Waals surface area contributed by atoms with Crippen LogP contribution in [0.2, 0.25) is 0 Å². The summed E-state index contributed by atoms with van der Waals surface area (Å²) in [5.41, 5.74) is 1.24. The lowest BCUT2D eigenvalue weighted by molar-refractivity contribution is 0.773. The van der Waals surface area contributed by atoms with Gasteiger partial charge in [0, 0.05) is 12.2 Å². The van der Waals surface area contributed by atoms with Crippen LogP contribution in [0.15, 0.2) is 18.3 Å². The Bertz CT molecular complexity index is 296. The maximum Gasteiger partial charge on any atom is 0.129 e. The fraction of sp³-hybridized carbons (Fsp3) is 0.545. The number of rotatable bonds is 3. The van der Waals surface area contributed by atoms with Gasteiger partial charge in [0.2, 0.25) is 0 Å². The largest absolute Gasteiger partial charge is 0.367 e. The first kappa shape index (κ1) is 8.54. The normalized spacial score (nSPS) is 25.7. The van der Waals surface area contributed by atoms with Crippen LogP contribution < -0.4 is 5.32 Å². The molecule has 1 aliphatic carbocycles. The van der Waals surface area contributed by atoms with E-state index < -0.39 is 0 Å². The molecule has 2 unspecified atom stereocenters. The van der Waals surface area contributed by atoms with Crippen LogP contribution in [0.5, 0.6) is 0 Å². The zero-order valence-corrected chi connectivity index (χ0v) is 8.25. The molecular weight excluding hydrogens is 160 g/mol. The summed E-state index contributed by atoms with van der Waals surface area (Å²) in [5.74, 6) is 1.94. The van der Waals surface area contributed by atoms with Gasteiger partial charge in [0.05, 0.1) is 0 Å². The van der Waals surface area contributed by atoms with E-state index in [1.165, 1.54) is 18.4 Å². The van der Waals surface area contributed by atoms with E-state index in [-0.39, 0.29) is 0 Å². The van der Waals surface area contributed by atoms with E-state index in [1.54, 1.807) is 0 Å². The minimum atomic E-state index is 0.679. The first-order valence-corrected chi connectivity index (χ1v) is 4.99. The topological polar surface area (TPSA) is 24.9 Å². The first-order valence-electron chi connectivity index (χ1n) is 4.99. The van der Waals surface area contributed by atoms with E-state index in [0.717, 1.165) is 11.7 Å². The molecule has 0 bridgehead atoms. The third kappa shape index (κ3) is 1.82. The number of aromatic nitrogens is 1. The van der Waals surface area contributed by atoms with Crippen molar-refractivity contribution in [3.63, 3.8) is 0 Å². The molecule has 0 spiro atoms. The van der Waals surface area contributed by atoms with Gasteiger partial charge in [-0.05, 0) is 30.9 Å². The van der Waals surface area contributed by atoms with Crippen LogP contribution in [0.25, 0.3) is 0 Å². The number of aryl methyl sites for hydroxylation is 1. The fourth-order valence-electron chi connectivity index (χ4n) is 1.69. The summed E-state index contributed by atoms with van der Waals surface area (Å²) in [4.78, 5) is 4.32. The molecule has 0 saturated heterocycles. The van der Waals surface area contributed by atoms with Crippen molar-refractivity contribution in [3.8, 4) is 0 Å². The smallest absolute Gasteiger partial charge is 0.129 e. The van der Waals surface area contributed by atoms with Gasteiger partial charge in [-0.3, -0.25) is 0 Å². The lowest BCUT2D eigenvalue weighted by Crippen LogP contribution is -2.07.